The lowest BCUT2D eigenvalue weighted by atomic mass is 9.61. The first-order chi connectivity index (χ1) is 10.2. The number of rotatable bonds is 6. The van der Waals surface area contributed by atoms with E-state index in [0.717, 1.165) is 11.8 Å². The van der Waals surface area contributed by atoms with Gasteiger partial charge in [0, 0.05) is 0 Å². The highest BCUT2D eigenvalue weighted by molar-refractivity contribution is 5.04. The Morgan fingerprint density at radius 3 is 2.19 bits per heavy atom. The smallest absolute Gasteiger partial charge is 0.0692 e. The predicted octanol–water partition coefficient (Wildman–Crippen LogP) is 6.48. The van der Waals surface area contributed by atoms with Gasteiger partial charge in [-0.3, -0.25) is 0 Å². The van der Waals surface area contributed by atoms with E-state index in [1.165, 1.54) is 83.5 Å². The number of unbranched alkanes of at least 4 members (excludes halogenated alkanes) is 2. The molecule has 21 heavy (non-hydrogen) atoms. The van der Waals surface area contributed by atoms with Crippen LogP contribution in [0.4, 0.5) is 0 Å². The summed E-state index contributed by atoms with van der Waals surface area (Å²) < 4.78 is 0. The molecular weight excluding hydrogens is 254 g/mol. The van der Waals surface area contributed by atoms with Crippen molar-refractivity contribution in [2.75, 3.05) is 0 Å². The summed E-state index contributed by atoms with van der Waals surface area (Å²) in [4.78, 5) is 0. The molecule has 2 aliphatic rings. The molecule has 0 N–H and O–H groups in total. The van der Waals surface area contributed by atoms with E-state index in [-0.39, 0.29) is 5.41 Å². The molecule has 0 aliphatic heterocycles. The van der Waals surface area contributed by atoms with Gasteiger partial charge in [-0.15, -0.1) is 0 Å². The summed E-state index contributed by atoms with van der Waals surface area (Å²) in [5.74, 6) is 2.53. The van der Waals surface area contributed by atoms with E-state index in [0.29, 0.717) is 5.92 Å². The van der Waals surface area contributed by atoms with Crippen molar-refractivity contribution in [1.82, 2.24) is 0 Å². The van der Waals surface area contributed by atoms with Crippen LogP contribution in [-0.2, 0) is 0 Å². The predicted molar refractivity (Wildman–Crippen MR) is 89.9 cm³/mol. The van der Waals surface area contributed by atoms with Gasteiger partial charge in [0.25, 0.3) is 0 Å². The molecule has 0 aromatic rings. The molecule has 0 spiro atoms. The van der Waals surface area contributed by atoms with Crippen molar-refractivity contribution in [2.45, 2.75) is 97.3 Å². The van der Waals surface area contributed by atoms with E-state index in [1.54, 1.807) is 0 Å². The first-order valence-electron chi connectivity index (χ1n) is 9.63. The maximum absolute atomic E-state index is 9.82. The Morgan fingerprint density at radius 1 is 1.00 bits per heavy atom. The van der Waals surface area contributed by atoms with Crippen LogP contribution in [0.3, 0.4) is 0 Å². The van der Waals surface area contributed by atoms with Gasteiger partial charge in [0.1, 0.15) is 0 Å². The summed E-state index contributed by atoms with van der Waals surface area (Å²) in [5, 5.41) is 9.82. The molecule has 0 aromatic carbocycles. The van der Waals surface area contributed by atoms with Gasteiger partial charge >= 0.3 is 0 Å². The van der Waals surface area contributed by atoms with Gasteiger partial charge in [-0.1, -0.05) is 65.2 Å². The summed E-state index contributed by atoms with van der Waals surface area (Å²) in [6.07, 6.45) is 17.5. The van der Waals surface area contributed by atoms with Crippen molar-refractivity contribution < 1.29 is 0 Å². The fraction of sp³-hybridized carbons (Fsp3) is 0.950. The van der Waals surface area contributed by atoms with Crippen LogP contribution >= 0.6 is 0 Å². The van der Waals surface area contributed by atoms with Gasteiger partial charge < -0.3 is 0 Å². The zero-order valence-corrected chi connectivity index (χ0v) is 14.4. The molecule has 1 nitrogen and oxygen atoms in total. The average Bonchev–Trinajstić information content (AvgIpc) is 2.56. The van der Waals surface area contributed by atoms with E-state index >= 15 is 0 Å². The van der Waals surface area contributed by atoms with Crippen molar-refractivity contribution in [3.8, 4) is 6.07 Å². The van der Waals surface area contributed by atoms with Gasteiger partial charge in [0.05, 0.1) is 11.5 Å². The molecule has 1 heteroatoms. The van der Waals surface area contributed by atoms with Crippen LogP contribution in [0.1, 0.15) is 97.3 Å². The average molecular weight is 290 g/mol. The molecule has 1 atom stereocenters. The zero-order chi connectivity index (χ0) is 15.1. The van der Waals surface area contributed by atoms with Gasteiger partial charge in [0.2, 0.25) is 0 Å². The van der Waals surface area contributed by atoms with E-state index in [9.17, 15) is 5.26 Å². The molecule has 0 saturated heterocycles. The lowest BCUT2D eigenvalue weighted by Gasteiger charge is -2.42. The molecule has 120 valence electrons. The Kier molecular flexibility index (Phi) is 6.59. The maximum atomic E-state index is 9.82. The van der Waals surface area contributed by atoms with Crippen LogP contribution in [0.2, 0.25) is 0 Å². The normalized spacial score (nSPS) is 32.5. The largest absolute Gasteiger partial charge is 0.198 e. The minimum absolute atomic E-state index is 0.0128. The van der Waals surface area contributed by atoms with E-state index in [2.05, 4.69) is 19.9 Å². The summed E-state index contributed by atoms with van der Waals surface area (Å²) >= 11 is 0. The molecule has 2 fully saturated rings. The van der Waals surface area contributed by atoms with Crippen molar-refractivity contribution in [2.24, 2.45) is 23.2 Å². The third-order valence-electron chi connectivity index (χ3n) is 6.65. The van der Waals surface area contributed by atoms with Gasteiger partial charge in [-0.2, -0.15) is 5.26 Å². The number of hydrogen-bond donors (Lipinski definition) is 0. The molecule has 2 rings (SSSR count). The molecule has 0 bridgehead atoms. The minimum atomic E-state index is 0.0128. The monoisotopic (exact) mass is 289 g/mol. The summed E-state index contributed by atoms with van der Waals surface area (Å²) in [6, 6.07) is 2.77. The molecule has 0 aromatic heterocycles. The molecular formula is C20H35N. The minimum Gasteiger partial charge on any atom is -0.198 e. The lowest BCUT2D eigenvalue weighted by Crippen LogP contribution is -2.34. The first kappa shape index (κ1) is 16.9. The Labute approximate surface area is 132 Å². The van der Waals surface area contributed by atoms with Gasteiger partial charge in [0.15, 0.2) is 0 Å². The van der Waals surface area contributed by atoms with E-state index in [4.69, 9.17) is 0 Å². The first-order valence-corrected chi connectivity index (χ1v) is 9.63. The Morgan fingerprint density at radius 2 is 1.62 bits per heavy atom. The van der Waals surface area contributed by atoms with Crippen LogP contribution < -0.4 is 0 Å². The van der Waals surface area contributed by atoms with Gasteiger partial charge in [-0.05, 0) is 49.9 Å². The standard InChI is InChI=1S/C20H35N/c1-3-4-6-9-17(2)20(16-21)14-12-19(13-15-20)18-10-7-5-8-11-18/h17-19H,3-15H2,1-2H3/t17?,19-,20-. The Hall–Kier alpha value is -0.510. The third kappa shape index (κ3) is 4.24. The number of hydrogen-bond acceptors (Lipinski definition) is 1. The summed E-state index contributed by atoms with van der Waals surface area (Å²) in [5.41, 5.74) is 0.0128. The number of nitriles is 1. The van der Waals surface area contributed by atoms with Gasteiger partial charge in [-0.25, -0.2) is 0 Å². The van der Waals surface area contributed by atoms with E-state index < -0.39 is 0 Å². The molecule has 0 radical (unpaired) electrons. The third-order valence-corrected chi connectivity index (χ3v) is 6.65. The lowest BCUT2D eigenvalue weighted by molar-refractivity contribution is 0.0953. The quantitative estimate of drug-likeness (QED) is 0.513. The molecule has 1 unspecified atom stereocenters. The zero-order valence-electron chi connectivity index (χ0n) is 14.4. The van der Waals surface area contributed by atoms with Crippen molar-refractivity contribution >= 4 is 0 Å². The Bertz CT molecular complexity index is 326. The van der Waals surface area contributed by atoms with Crippen molar-refractivity contribution in [3.63, 3.8) is 0 Å². The van der Waals surface area contributed by atoms with Crippen LogP contribution in [-0.4, -0.2) is 0 Å². The fourth-order valence-corrected chi connectivity index (χ4v) is 4.92. The van der Waals surface area contributed by atoms with E-state index in [1.807, 2.05) is 0 Å². The second-order valence-corrected chi connectivity index (χ2v) is 7.90. The highest BCUT2D eigenvalue weighted by atomic mass is 14.5. The summed E-state index contributed by atoms with van der Waals surface area (Å²) in [6.45, 7) is 4.61. The van der Waals surface area contributed by atoms with Crippen LogP contribution in [0.15, 0.2) is 0 Å². The second-order valence-electron chi connectivity index (χ2n) is 7.90. The van der Waals surface area contributed by atoms with Crippen LogP contribution in [0, 0.1) is 34.5 Å². The topological polar surface area (TPSA) is 23.8 Å². The van der Waals surface area contributed by atoms with Crippen molar-refractivity contribution in [3.05, 3.63) is 0 Å². The fourth-order valence-electron chi connectivity index (χ4n) is 4.92. The second kappa shape index (κ2) is 8.21. The highest BCUT2D eigenvalue weighted by Gasteiger charge is 2.41. The maximum Gasteiger partial charge on any atom is 0.0692 e. The summed E-state index contributed by atoms with van der Waals surface area (Å²) in [7, 11) is 0. The SMILES string of the molecule is CCCCCC(C)[C@]1(C#N)CC[C@@H](C2CCCCC2)CC1. The molecule has 0 amide bonds. The molecule has 0 heterocycles. The Balaban J connectivity index is 1.85. The van der Waals surface area contributed by atoms with Crippen LogP contribution in [0.5, 0.6) is 0 Å². The highest BCUT2D eigenvalue weighted by Crippen LogP contribution is 2.49. The van der Waals surface area contributed by atoms with Crippen LogP contribution in [0.25, 0.3) is 0 Å². The molecule has 2 saturated carbocycles. The molecule has 2 aliphatic carbocycles. The number of nitrogens with zero attached hydrogens (tertiary/aromatic N) is 1. The van der Waals surface area contributed by atoms with Crippen molar-refractivity contribution in [1.29, 1.82) is 5.26 Å².